The lowest BCUT2D eigenvalue weighted by molar-refractivity contribution is -0.140. The number of thiol groups is 1. The monoisotopic (exact) mass is 615 g/mol. The van der Waals surface area contributed by atoms with Gasteiger partial charge in [-0.05, 0) is 62.9 Å². The van der Waals surface area contributed by atoms with E-state index in [2.05, 4.69) is 36.8 Å². The van der Waals surface area contributed by atoms with Crippen molar-refractivity contribution in [1.82, 2.24) is 10.2 Å². The number of rotatable bonds is 15. The number of ether oxygens (including phenoxy) is 1. The third-order valence-corrected chi connectivity index (χ3v) is 7.38. The van der Waals surface area contributed by atoms with Crippen LogP contribution in [0.5, 0.6) is 0 Å². The van der Waals surface area contributed by atoms with Crippen molar-refractivity contribution in [2.75, 3.05) is 17.6 Å². The van der Waals surface area contributed by atoms with Crippen molar-refractivity contribution >= 4 is 53.9 Å². The summed E-state index contributed by atoms with van der Waals surface area (Å²) in [7, 11) is 0. The number of nitrogens with one attached hydrogen (secondary N) is 2. The first-order valence-corrected chi connectivity index (χ1v) is 15.6. The fourth-order valence-electron chi connectivity index (χ4n) is 4.58. The Balaban J connectivity index is 2.53. The van der Waals surface area contributed by atoms with Crippen molar-refractivity contribution in [3.8, 4) is 0 Å². The molecule has 7 nitrogen and oxygen atoms in total. The molecule has 2 atom stereocenters. The zero-order valence-corrected chi connectivity index (χ0v) is 27.2. The standard InChI is InChI=1S/C33H46ClN3O4S/c1-7-9-10-11-12-13-20-37(31(39)27(22-42)35-32(40)41-33(4,5)6)29(25-18-15-17-24(8-2)21-25)30(38)36-28-23(3)16-14-19-26(28)34/h8,14-19,21,27,29,42H,2,7,9-13,20,22H2,1,3-6H3,(H,35,40)(H,36,38). The normalized spacial score (nSPS) is 12.6. The van der Waals surface area contributed by atoms with Crippen molar-refractivity contribution in [1.29, 1.82) is 0 Å². The van der Waals surface area contributed by atoms with E-state index in [9.17, 15) is 14.4 Å². The predicted molar refractivity (Wildman–Crippen MR) is 176 cm³/mol. The van der Waals surface area contributed by atoms with Gasteiger partial charge in [0.15, 0.2) is 0 Å². The summed E-state index contributed by atoms with van der Waals surface area (Å²) in [5.41, 5.74) is 1.96. The number of amides is 3. The van der Waals surface area contributed by atoms with E-state index in [1.165, 1.54) is 0 Å². The van der Waals surface area contributed by atoms with Crippen molar-refractivity contribution in [2.24, 2.45) is 0 Å². The maximum absolute atomic E-state index is 14.2. The highest BCUT2D eigenvalue weighted by molar-refractivity contribution is 7.80. The van der Waals surface area contributed by atoms with Crippen LogP contribution in [0.1, 0.15) is 89.0 Å². The topological polar surface area (TPSA) is 87.7 Å². The minimum Gasteiger partial charge on any atom is -0.444 e. The van der Waals surface area contributed by atoms with Gasteiger partial charge < -0.3 is 20.3 Å². The Hall–Kier alpha value is -2.97. The number of hydrogen-bond donors (Lipinski definition) is 3. The molecule has 42 heavy (non-hydrogen) atoms. The number of benzene rings is 2. The molecule has 0 heterocycles. The average molecular weight is 616 g/mol. The van der Waals surface area contributed by atoms with Crippen LogP contribution in [-0.2, 0) is 14.3 Å². The Bertz CT molecular complexity index is 1190. The zero-order chi connectivity index (χ0) is 31.3. The smallest absolute Gasteiger partial charge is 0.408 e. The van der Waals surface area contributed by atoms with E-state index in [0.29, 0.717) is 29.2 Å². The van der Waals surface area contributed by atoms with E-state index in [0.717, 1.165) is 43.2 Å². The Morgan fingerprint density at radius 1 is 1.07 bits per heavy atom. The number of carbonyl (C=O) groups is 3. The minimum atomic E-state index is -1.01. The molecule has 0 radical (unpaired) electrons. The van der Waals surface area contributed by atoms with Crippen LogP contribution >= 0.6 is 24.2 Å². The van der Waals surface area contributed by atoms with Gasteiger partial charge in [-0.3, -0.25) is 9.59 Å². The zero-order valence-electron chi connectivity index (χ0n) is 25.5. The molecule has 9 heteroatoms. The lowest BCUT2D eigenvalue weighted by Gasteiger charge is -2.34. The molecule has 0 saturated carbocycles. The lowest BCUT2D eigenvalue weighted by Crippen LogP contribution is -2.53. The average Bonchev–Trinajstić information content (AvgIpc) is 2.93. The second-order valence-corrected chi connectivity index (χ2v) is 12.2. The van der Waals surface area contributed by atoms with Gasteiger partial charge in [0.1, 0.15) is 17.7 Å². The first-order valence-electron chi connectivity index (χ1n) is 14.6. The number of unbranched alkanes of at least 4 members (excludes halogenated alkanes) is 5. The molecule has 2 aromatic carbocycles. The molecule has 3 amide bonds. The number of alkyl carbamates (subject to hydrolysis) is 1. The Labute approximate surface area is 261 Å². The first kappa shape index (κ1) is 35.2. The van der Waals surface area contributed by atoms with Crippen LogP contribution in [0.15, 0.2) is 49.0 Å². The molecule has 2 rings (SSSR count). The molecule has 0 bridgehead atoms. The molecule has 0 aliphatic heterocycles. The van der Waals surface area contributed by atoms with Gasteiger partial charge in [0.2, 0.25) is 5.91 Å². The third kappa shape index (κ3) is 11.0. The van der Waals surface area contributed by atoms with E-state index in [4.69, 9.17) is 16.3 Å². The number of carbonyl (C=O) groups excluding carboxylic acids is 3. The van der Waals surface area contributed by atoms with Crippen LogP contribution in [0, 0.1) is 6.92 Å². The molecule has 2 aromatic rings. The summed E-state index contributed by atoms with van der Waals surface area (Å²) in [5, 5.41) is 6.03. The van der Waals surface area contributed by atoms with E-state index >= 15 is 0 Å². The summed E-state index contributed by atoms with van der Waals surface area (Å²) >= 11 is 10.8. The highest BCUT2D eigenvalue weighted by Crippen LogP contribution is 2.30. The van der Waals surface area contributed by atoms with E-state index in [1.807, 2.05) is 43.3 Å². The number of aryl methyl sites for hydroxylation is 1. The molecule has 0 spiro atoms. The second-order valence-electron chi connectivity index (χ2n) is 11.4. The quantitative estimate of drug-likeness (QED) is 0.140. The molecular weight excluding hydrogens is 570 g/mol. The fourth-order valence-corrected chi connectivity index (χ4v) is 5.09. The van der Waals surface area contributed by atoms with Crippen LogP contribution in [0.25, 0.3) is 6.08 Å². The van der Waals surface area contributed by atoms with Crippen molar-refractivity contribution < 1.29 is 19.1 Å². The number of hydrogen-bond acceptors (Lipinski definition) is 5. The van der Waals surface area contributed by atoms with Crippen LogP contribution in [0.4, 0.5) is 10.5 Å². The number of halogens is 1. The lowest BCUT2D eigenvalue weighted by atomic mass is 9.99. The second kappa shape index (κ2) is 17.2. The van der Waals surface area contributed by atoms with Gasteiger partial charge in [0.25, 0.3) is 5.91 Å². The summed E-state index contributed by atoms with van der Waals surface area (Å²) in [6.45, 7) is 13.4. The summed E-state index contributed by atoms with van der Waals surface area (Å²) in [5.74, 6) is -0.818. The largest absolute Gasteiger partial charge is 0.444 e. The van der Waals surface area contributed by atoms with Gasteiger partial charge in [0.05, 0.1) is 10.7 Å². The number of para-hydroxylation sites is 1. The van der Waals surface area contributed by atoms with E-state index in [-0.39, 0.29) is 5.75 Å². The first-order chi connectivity index (χ1) is 19.9. The maximum Gasteiger partial charge on any atom is 0.408 e. The molecular formula is C33H46ClN3O4S. The van der Waals surface area contributed by atoms with Crippen molar-refractivity contribution in [2.45, 2.75) is 90.8 Å². The van der Waals surface area contributed by atoms with E-state index in [1.54, 1.807) is 37.8 Å². The predicted octanol–water partition coefficient (Wildman–Crippen LogP) is 7.98. The molecule has 0 aliphatic carbocycles. The summed E-state index contributed by atoms with van der Waals surface area (Å²) in [6, 6.07) is 10.7. The minimum absolute atomic E-state index is 0.0235. The molecule has 2 N–H and O–H groups in total. The molecule has 0 aromatic heterocycles. The Morgan fingerprint density at radius 2 is 1.74 bits per heavy atom. The molecule has 230 valence electrons. The van der Waals surface area contributed by atoms with Crippen LogP contribution in [0.3, 0.4) is 0 Å². The highest BCUT2D eigenvalue weighted by Gasteiger charge is 2.36. The maximum atomic E-state index is 14.2. The number of anilines is 1. The van der Waals surface area contributed by atoms with Crippen molar-refractivity contribution in [3.63, 3.8) is 0 Å². The molecule has 0 fully saturated rings. The third-order valence-electron chi connectivity index (χ3n) is 6.70. The van der Waals surface area contributed by atoms with Crippen LogP contribution < -0.4 is 10.6 Å². The van der Waals surface area contributed by atoms with E-state index < -0.39 is 35.6 Å². The number of nitrogens with zero attached hydrogens (tertiary/aromatic N) is 1. The summed E-state index contributed by atoms with van der Waals surface area (Å²) in [4.78, 5) is 42.5. The summed E-state index contributed by atoms with van der Waals surface area (Å²) < 4.78 is 5.40. The Kier molecular flexibility index (Phi) is 14.4. The molecule has 0 aliphatic rings. The van der Waals surface area contributed by atoms with Crippen LogP contribution in [-0.4, -0.2) is 46.7 Å². The summed E-state index contributed by atoms with van der Waals surface area (Å²) in [6.07, 6.45) is 6.99. The highest BCUT2D eigenvalue weighted by atomic mass is 35.5. The van der Waals surface area contributed by atoms with Gasteiger partial charge in [-0.1, -0.05) is 93.6 Å². The SMILES string of the molecule is C=Cc1cccc(C(C(=O)Nc2c(C)cccc2Cl)N(CCCCCCCC)C(=O)C(CS)NC(=O)OC(C)(C)C)c1. The van der Waals surface area contributed by atoms with Gasteiger partial charge >= 0.3 is 6.09 Å². The Morgan fingerprint density at radius 3 is 2.36 bits per heavy atom. The molecule has 2 unspecified atom stereocenters. The van der Waals surface area contributed by atoms with Crippen molar-refractivity contribution in [3.05, 3.63) is 70.8 Å². The van der Waals surface area contributed by atoms with Crippen LogP contribution in [0.2, 0.25) is 5.02 Å². The van der Waals surface area contributed by atoms with Gasteiger partial charge in [-0.2, -0.15) is 12.6 Å². The van der Waals surface area contributed by atoms with Gasteiger partial charge in [-0.25, -0.2) is 4.79 Å². The molecule has 0 saturated heterocycles. The fraction of sp³-hybridized carbons (Fsp3) is 0.485. The van der Waals surface area contributed by atoms with Gasteiger partial charge in [0, 0.05) is 12.3 Å². The van der Waals surface area contributed by atoms with Gasteiger partial charge in [-0.15, -0.1) is 0 Å².